The van der Waals surface area contributed by atoms with Gasteiger partial charge in [0.1, 0.15) is 17.2 Å². The van der Waals surface area contributed by atoms with Gasteiger partial charge in [-0.05, 0) is 32.9 Å². The number of alkyl halides is 2. The maximum absolute atomic E-state index is 14.7. The highest BCUT2D eigenvalue weighted by atomic mass is 19.3. The summed E-state index contributed by atoms with van der Waals surface area (Å²) in [5.74, 6) is -3.60. The van der Waals surface area contributed by atoms with Crippen LogP contribution in [0.25, 0.3) is 16.9 Å². The number of carbonyl (C=O) groups excluding carboxylic acids is 2. The Kier molecular flexibility index (Phi) is 5.95. The molecule has 4 rings (SSSR count). The van der Waals surface area contributed by atoms with Crippen molar-refractivity contribution in [1.29, 1.82) is 0 Å². The number of nitrogens with one attached hydrogen (secondary N) is 2. The third-order valence-electron chi connectivity index (χ3n) is 5.43. The molecule has 0 bridgehead atoms. The van der Waals surface area contributed by atoms with Crippen molar-refractivity contribution < 1.29 is 27.2 Å². The first-order valence-corrected chi connectivity index (χ1v) is 10.5. The summed E-state index contributed by atoms with van der Waals surface area (Å²) in [4.78, 5) is 47.5. The maximum atomic E-state index is 14.7. The second-order valence-electron chi connectivity index (χ2n) is 8.68. The van der Waals surface area contributed by atoms with Crippen LogP contribution in [-0.2, 0) is 0 Å². The van der Waals surface area contributed by atoms with Crippen molar-refractivity contribution in [3.05, 3.63) is 58.0 Å². The zero-order valence-corrected chi connectivity index (χ0v) is 18.8. The number of urea groups is 1. The Balaban J connectivity index is 1.95. The zero-order chi connectivity index (χ0) is 25.7. The monoisotopic (exact) mass is 492 g/mol. The molecular formula is C22H20F4N6O3. The first-order valence-electron chi connectivity index (χ1n) is 10.5. The molecule has 0 saturated carbocycles. The molecule has 1 aliphatic rings. The highest BCUT2D eigenvalue weighted by Crippen LogP contribution is 2.23. The van der Waals surface area contributed by atoms with Gasteiger partial charge in [-0.15, -0.1) is 0 Å². The van der Waals surface area contributed by atoms with Crippen LogP contribution in [0, 0.1) is 11.6 Å². The van der Waals surface area contributed by atoms with E-state index >= 15 is 0 Å². The number of rotatable bonds is 5. The van der Waals surface area contributed by atoms with Crippen molar-refractivity contribution in [2.24, 2.45) is 0 Å². The van der Waals surface area contributed by atoms with E-state index in [1.807, 2.05) is 0 Å². The lowest BCUT2D eigenvalue weighted by Crippen LogP contribution is -2.50. The molecule has 3 aromatic rings. The molecule has 0 aliphatic carbocycles. The summed E-state index contributed by atoms with van der Waals surface area (Å²) < 4.78 is 55.7. The second kappa shape index (κ2) is 8.64. The minimum absolute atomic E-state index is 0.131. The van der Waals surface area contributed by atoms with Gasteiger partial charge < -0.3 is 10.6 Å². The van der Waals surface area contributed by atoms with Gasteiger partial charge in [-0.2, -0.15) is 0 Å². The largest absolute Gasteiger partial charge is 0.341 e. The number of anilines is 1. The van der Waals surface area contributed by atoms with Crippen molar-refractivity contribution in [3.63, 3.8) is 0 Å². The minimum Gasteiger partial charge on any atom is -0.341 e. The number of pyridine rings is 3. The third kappa shape index (κ3) is 4.40. The number of fused-ring (bicyclic) bond motifs is 1. The SMILES string of the molecule is CC1CN(c2ccc3c(=O)c(C(=O)NC(C)(C)C(F)F)cn(-c4ncc(F)cc4F)c3n2)C(=O)N1. The van der Waals surface area contributed by atoms with E-state index in [-0.39, 0.29) is 29.4 Å². The normalized spacial score (nSPS) is 16.2. The van der Waals surface area contributed by atoms with E-state index in [1.165, 1.54) is 17.0 Å². The summed E-state index contributed by atoms with van der Waals surface area (Å²) >= 11 is 0. The van der Waals surface area contributed by atoms with Gasteiger partial charge in [-0.25, -0.2) is 32.3 Å². The predicted molar refractivity (Wildman–Crippen MR) is 118 cm³/mol. The summed E-state index contributed by atoms with van der Waals surface area (Å²) in [5.41, 5.74) is -3.59. The van der Waals surface area contributed by atoms with E-state index in [0.717, 1.165) is 30.8 Å². The first-order chi connectivity index (χ1) is 16.4. The molecule has 1 atom stereocenters. The summed E-state index contributed by atoms with van der Waals surface area (Å²) in [6, 6.07) is 2.58. The van der Waals surface area contributed by atoms with Gasteiger partial charge in [-0.3, -0.25) is 19.1 Å². The van der Waals surface area contributed by atoms with E-state index in [9.17, 15) is 31.9 Å². The topological polar surface area (TPSA) is 109 Å². The molecule has 3 amide bonds. The van der Waals surface area contributed by atoms with Gasteiger partial charge in [0.15, 0.2) is 17.3 Å². The van der Waals surface area contributed by atoms with E-state index < -0.39 is 52.3 Å². The smallest absolute Gasteiger partial charge is 0.323 e. The van der Waals surface area contributed by atoms with Crippen LogP contribution in [0.3, 0.4) is 0 Å². The highest BCUT2D eigenvalue weighted by Gasteiger charge is 2.33. The summed E-state index contributed by atoms with van der Waals surface area (Å²) in [5, 5.41) is 4.61. The van der Waals surface area contributed by atoms with Gasteiger partial charge >= 0.3 is 6.03 Å². The molecule has 1 aliphatic heterocycles. The molecular weight excluding hydrogens is 472 g/mol. The number of hydrogen-bond acceptors (Lipinski definition) is 5. The number of amides is 3. The number of carbonyl (C=O) groups is 2. The minimum atomic E-state index is -2.94. The molecule has 1 saturated heterocycles. The van der Waals surface area contributed by atoms with Crippen LogP contribution in [0.4, 0.5) is 28.2 Å². The first kappa shape index (κ1) is 24.1. The van der Waals surface area contributed by atoms with E-state index in [4.69, 9.17) is 0 Å². The molecule has 4 heterocycles. The fourth-order valence-electron chi connectivity index (χ4n) is 3.55. The van der Waals surface area contributed by atoms with Crippen LogP contribution in [0.2, 0.25) is 0 Å². The second-order valence-corrected chi connectivity index (χ2v) is 8.68. The Hall–Kier alpha value is -4.03. The Morgan fingerprint density at radius 1 is 1.26 bits per heavy atom. The van der Waals surface area contributed by atoms with Crippen molar-refractivity contribution in [2.45, 2.75) is 38.8 Å². The lowest BCUT2D eigenvalue weighted by Gasteiger charge is -2.25. The van der Waals surface area contributed by atoms with Gasteiger partial charge in [0.2, 0.25) is 5.43 Å². The molecule has 0 aromatic carbocycles. The molecule has 0 spiro atoms. The molecule has 13 heteroatoms. The fourth-order valence-corrected chi connectivity index (χ4v) is 3.55. The quantitative estimate of drug-likeness (QED) is 0.533. The van der Waals surface area contributed by atoms with Gasteiger partial charge in [0.25, 0.3) is 12.3 Å². The molecule has 184 valence electrons. The fraction of sp³-hybridized carbons (Fsp3) is 0.318. The van der Waals surface area contributed by atoms with Crippen LogP contribution >= 0.6 is 0 Å². The summed E-state index contributed by atoms with van der Waals surface area (Å²) in [6.07, 6.45) is -1.32. The van der Waals surface area contributed by atoms with Crippen molar-refractivity contribution in [1.82, 2.24) is 25.2 Å². The van der Waals surface area contributed by atoms with E-state index in [2.05, 4.69) is 20.6 Å². The van der Waals surface area contributed by atoms with Gasteiger partial charge in [0.05, 0.1) is 17.1 Å². The maximum Gasteiger partial charge on any atom is 0.323 e. The van der Waals surface area contributed by atoms with Crippen LogP contribution < -0.4 is 21.0 Å². The van der Waals surface area contributed by atoms with Crippen molar-refractivity contribution >= 4 is 28.8 Å². The third-order valence-corrected chi connectivity index (χ3v) is 5.43. The number of hydrogen-bond donors (Lipinski definition) is 2. The van der Waals surface area contributed by atoms with Crippen LogP contribution in [-0.4, -0.2) is 51.0 Å². The van der Waals surface area contributed by atoms with Crippen LogP contribution in [0.15, 0.2) is 35.4 Å². The molecule has 3 aromatic heterocycles. The lowest BCUT2D eigenvalue weighted by atomic mass is 10.1. The number of nitrogens with zero attached hydrogens (tertiary/aromatic N) is 4. The Morgan fingerprint density at radius 3 is 2.57 bits per heavy atom. The van der Waals surface area contributed by atoms with Crippen molar-refractivity contribution in [3.8, 4) is 5.82 Å². The Morgan fingerprint density at radius 2 is 1.97 bits per heavy atom. The highest BCUT2D eigenvalue weighted by molar-refractivity contribution is 5.98. The van der Waals surface area contributed by atoms with Gasteiger partial charge in [-0.1, -0.05) is 0 Å². The van der Waals surface area contributed by atoms with Gasteiger partial charge in [0, 0.05) is 24.8 Å². The average molecular weight is 492 g/mol. The Labute approximate surface area is 195 Å². The van der Waals surface area contributed by atoms with Crippen LogP contribution in [0.1, 0.15) is 31.1 Å². The summed E-state index contributed by atoms with van der Waals surface area (Å²) in [7, 11) is 0. The average Bonchev–Trinajstić information content (AvgIpc) is 3.11. The van der Waals surface area contributed by atoms with Crippen molar-refractivity contribution in [2.75, 3.05) is 11.4 Å². The zero-order valence-electron chi connectivity index (χ0n) is 18.8. The van der Waals surface area contributed by atoms with E-state index in [0.29, 0.717) is 6.07 Å². The van der Waals surface area contributed by atoms with E-state index in [1.54, 1.807) is 6.92 Å². The molecule has 35 heavy (non-hydrogen) atoms. The molecule has 9 nitrogen and oxygen atoms in total. The lowest BCUT2D eigenvalue weighted by molar-refractivity contribution is 0.0447. The predicted octanol–water partition coefficient (Wildman–Crippen LogP) is 2.75. The number of halogens is 4. The molecule has 1 fully saturated rings. The Bertz CT molecular complexity index is 1410. The molecule has 1 unspecified atom stereocenters. The summed E-state index contributed by atoms with van der Waals surface area (Å²) in [6.45, 7) is 4.20. The molecule has 2 N–H and O–H groups in total. The standard InChI is InChI=1S/C22H20F4N6O3/c1-10-8-31(21(35)28-10)15-5-4-12-16(33)13(19(34)30-22(2,3)20(25)26)9-32(17(12)29-15)18-14(24)6-11(23)7-27-18/h4-7,9-10,20H,8H2,1-3H3,(H,28,35)(H,30,34). The molecule has 0 radical (unpaired) electrons. The number of aromatic nitrogens is 3. The van der Waals surface area contributed by atoms with Crippen LogP contribution in [0.5, 0.6) is 0 Å².